The predicted octanol–water partition coefficient (Wildman–Crippen LogP) is 4.43. The molecule has 1 saturated heterocycles. The van der Waals surface area contributed by atoms with Gasteiger partial charge in [0.25, 0.3) is 15.9 Å². The summed E-state index contributed by atoms with van der Waals surface area (Å²) in [5, 5.41) is 4.59. The monoisotopic (exact) mass is 447 g/mol. The Bertz CT molecular complexity index is 1180. The van der Waals surface area contributed by atoms with E-state index in [1.54, 1.807) is 24.3 Å². The van der Waals surface area contributed by atoms with Gasteiger partial charge in [0, 0.05) is 36.1 Å². The molecule has 1 amide bonds. The number of benzene rings is 3. The minimum Gasteiger partial charge on any atom is -0.380 e. The Hall–Kier alpha value is -3.58. The maximum atomic E-state index is 12.8. The summed E-state index contributed by atoms with van der Waals surface area (Å²) >= 11 is 0. The van der Waals surface area contributed by atoms with Crippen molar-refractivity contribution in [2.75, 3.05) is 23.1 Å². The Balaban J connectivity index is 1.34. The minimum absolute atomic E-state index is 0.0549. The molecule has 164 valence electrons. The van der Waals surface area contributed by atoms with Gasteiger partial charge in [-0.05, 0) is 54.5 Å². The summed E-state index contributed by atoms with van der Waals surface area (Å²) in [6.45, 7) is 1.31. The van der Waals surface area contributed by atoms with Gasteiger partial charge >= 0.3 is 0 Å². The van der Waals surface area contributed by atoms with Crippen molar-refractivity contribution in [3.8, 4) is 0 Å². The normalized spacial score (nSPS) is 16.2. The SMILES string of the molecule is O=C(c1ccc(NS(=O)(=O)/C=C/c2ccccc2)cc1)N1CCC(Nc2ccccc2)C1. The smallest absolute Gasteiger partial charge is 0.255 e. The summed E-state index contributed by atoms with van der Waals surface area (Å²) in [5.74, 6) is -0.0549. The zero-order chi connectivity index (χ0) is 22.4. The molecular formula is C25H25N3O3S. The van der Waals surface area contributed by atoms with Crippen LogP contribution in [0.3, 0.4) is 0 Å². The fraction of sp³-hybridized carbons (Fsp3) is 0.160. The molecule has 1 atom stereocenters. The summed E-state index contributed by atoms with van der Waals surface area (Å²) < 4.78 is 27.1. The van der Waals surface area contributed by atoms with Crippen LogP contribution in [0, 0.1) is 0 Å². The third-order valence-electron chi connectivity index (χ3n) is 5.25. The lowest BCUT2D eigenvalue weighted by Gasteiger charge is -2.18. The van der Waals surface area contributed by atoms with E-state index in [9.17, 15) is 13.2 Å². The van der Waals surface area contributed by atoms with Gasteiger partial charge in [-0.15, -0.1) is 0 Å². The molecule has 7 heteroatoms. The van der Waals surface area contributed by atoms with Crippen LogP contribution in [-0.4, -0.2) is 38.4 Å². The van der Waals surface area contributed by atoms with E-state index < -0.39 is 10.0 Å². The van der Waals surface area contributed by atoms with E-state index in [0.717, 1.165) is 23.1 Å². The first-order chi connectivity index (χ1) is 15.5. The van der Waals surface area contributed by atoms with Crippen molar-refractivity contribution in [2.24, 2.45) is 0 Å². The molecule has 32 heavy (non-hydrogen) atoms. The van der Waals surface area contributed by atoms with Gasteiger partial charge in [-0.2, -0.15) is 0 Å². The fourth-order valence-electron chi connectivity index (χ4n) is 3.63. The second kappa shape index (κ2) is 9.70. The molecule has 2 N–H and O–H groups in total. The van der Waals surface area contributed by atoms with Crippen LogP contribution in [0.2, 0.25) is 0 Å². The zero-order valence-electron chi connectivity index (χ0n) is 17.5. The number of nitrogens with one attached hydrogen (secondary N) is 2. The van der Waals surface area contributed by atoms with Gasteiger partial charge in [0.15, 0.2) is 0 Å². The highest BCUT2D eigenvalue weighted by atomic mass is 32.2. The number of amides is 1. The van der Waals surface area contributed by atoms with Gasteiger partial charge in [0.2, 0.25) is 0 Å². The van der Waals surface area contributed by atoms with Gasteiger partial charge in [-0.1, -0.05) is 48.5 Å². The first kappa shape index (κ1) is 21.6. The maximum Gasteiger partial charge on any atom is 0.255 e. The molecule has 4 rings (SSSR count). The number of sulfonamides is 1. The molecule has 3 aromatic rings. The van der Waals surface area contributed by atoms with Crippen molar-refractivity contribution < 1.29 is 13.2 Å². The Kier molecular flexibility index (Phi) is 6.56. The number of carbonyl (C=O) groups is 1. The molecule has 1 aliphatic rings. The van der Waals surface area contributed by atoms with E-state index in [-0.39, 0.29) is 11.9 Å². The Morgan fingerprint density at radius 2 is 1.53 bits per heavy atom. The fourth-order valence-corrected chi connectivity index (χ4v) is 4.50. The standard InChI is InChI=1S/C25H25N3O3S/c29-25(28-17-15-24(19-28)26-22-9-5-2-6-10-22)21-11-13-23(14-12-21)27-32(30,31)18-16-20-7-3-1-4-8-20/h1-14,16,18,24,26-27H,15,17,19H2/b18-16+. The largest absolute Gasteiger partial charge is 0.380 e. The van der Waals surface area contributed by atoms with Crippen LogP contribution in [0.25, 0.3) is 6.08 Å². The summed E-state index contributed by atoms with van der Waals surface area (Å²) in [6, 6.07) is 25.9. The van der Waals surface area contributed by atoms with E-state index in [1.807, 2.05) is 65.6 Å². The second-order valence-corrected chi connectivity index (χ2v) is 9.25. The third kappa shape index (κ3) is 5.76. The molecule has 1 heterocycles. The van der Waals surface area contributed by atoms with Crippen LogP contribution in [0.1, 0.15) is 22.3 Å². The average molecular weight is 448 g/mol. The number of nitrogens with zero attached hydrogens (tertiary/aromatic N) is 1. The number of para-hydroxylation sites is 1. The van der Waals surface area contributed by atoms with Crippen LogP contribution < -0.4 is 10.0 Å². The van der Waals surface area contributed by atoms with Gasteiger partial charge in [0.05, 0.1) is 5.41 Å². The van der Waals surface area contributed by atoms with Gasteiger partial charge < -0.3 is 10.2 Å². The van der Waals surface area contributed by atoms with E-state index in [0.29, 0.717) is 24.3 Å². The first-order valence-electron chi connectivity index (χ1n) is 10.5. The molecular weight excluding hydrogens is 422 g/mol. The molecule has 0 radical (unpaired) electrons. The van der Waals surface area contributed by atoms with Crippen molar-refractivity contribution >= 4 is 33.4 Å². The molecule has 1 unspecified atom stereocenters. The number of anilines is 2. The summed E-state index contributed by atoms with van der Waals surface area (Å²) in [5.41, 5.74) is 2.78. The lowest BCUT2D eigenvalue weighted by molar-refractivity contribution is 0.0791. The van der Waals surface area contributed by atoms with Gasteiger partial charge in [0.1, 0.15) is 0 Å². The van der Waals surface area contributed by atoms with Crippen LogP contribution in [0.4, 0.5) is 11.4 Å². The summed E-state index contributed by atoms with van der Waals surface area (Å²) in [6.07, 6.45) is 2.42. The quantitative estimate of drug-likeness (QED) is 0.562. The molecule has 6 nitrogen and oxygen atoms in total. The first-order valence-corrected chi connectivity index (χ1v) is 12.0. The van der Waals surface area contributed by atoms with Crippen LogP contribution in [-0.2, 0) is 10.0 Å². The van der Waals surface area contributed by atoms with E-state index in [2.05, 4.69) is 10.0 Å². The van der Waals surface area contributed by atoms with Crippen LogP contribution >= 0.6 is 0 Å². The highest BCUT2D eigenvalue weighted by Gasteiger charge is 2.26. The van der Waals surface area contributed by atoms with Gasteiger partial charge in [-0.3, -0.25) is 9.52 Å². The third-order valence-corrected chi connectivity index (χ3v) is 6.27. The molecule has 1 fully saturated rings. The van der Waals surface area contributed by atoms with Crippen molar-refractivity contribution in [2.45, 2.75) is 12.5 Å². The van der Waals surface area contributed by atoms with Crippen molar-refractivity contribution in [1.82, 2.24) is 4.90 Å². The van der Waals surface area contributed by atoms with Crippen molar-refractivity contribution in [3.05, 3.63) is 101 Å². The number of rotatable bonds is 7. The molecule has 0 aromatic heterocycles. The highest BCUT2D eigenvalue weighted by molar-refractivity contribution is 7.95. The van der Waals surface area contributed by atoms with E-state index in [1.165, 1.54) is 6.08 Å². The van der Waals surface area contributed by atoms with E-state index >= 15 is 0 Å². The molecule has 3 aromatic carbocycles. The number of hydrogen-bond acceptors (Lipinski definition) is 4. The zero-order valence-corrected chi connectivity index (χ0v) is 18.3. The summed E-state index contributed by atoms with van der Waals surface area (Å²) in [4.78, 5) is 14.7. The predicted molar refractivity (Wildman–Crippen MR) is 129 cm³/mol. The maximum absolute atomic E-state index is 12.8. The van der Waals surface area contributed by atoms with Gasteiger partial charge in [-0.25, -0.2) is 8.42 Å². The number of likely N-dealkylation sites (tertiary alicyclic amines) is 1. The molecule has 0 aliphatic carbocycles. The Morgan fingerprint density at radius 1 is 0.875 bits per heavy atom. The Morgan fingerprint density at radius 3 is 2.22 bits per heavy atom. The highest BCUT2D eigenvalue weighted by Crippen LogP contribution is 2.19. The van der Waals surface area contributed by atoms with E-state index in [4.69, 9.17) is 0 Å². The van der Waals surface area contributed by atoms with Crippen molar-refractivity contribution in [3.63, 3.8) is 0 Å². The number of hydrogen-bond donors (Lipinski definition) is 2. The average Bonchev–Trinajstić information content (AvgIpc) is 3.27. The lowest BCUT2D eigenvalue weighted by Crippen LogP contribution is -2.31. The number of carbonyl (C=O) groups excluding carboxylic acids is 1. The van der Waals surface area contributed by atoms with Crippen molar-refractivity contribution in [1.29, 1.82) is 0 Å². The molecule has 0 spiro atoms. The van der Waals surface area contributed by atoms with Crippen LogP contribution in [0.15, 0.2) is 90.3 Å². The molecule has 0 bridgehead atoms. The van der Waals surface area contributed by atoms with Crippen LogP contribution in [0.5, 0.6) is 0 Å². The molecule has 0 saturated carbocycles. The Labute approximate surface area is 188 Å². The minimum atomic E-state index is -3.65. The topological polar surface area (TPSA) is 78.5 Å². The lowest BCUT2D eigenvalue weighted by atomic mass is 10.2. The molecule has 1 aliphatic heterocycles. The second-order valence-electron chi connectivity index (χ2n) is 7.68. The summed E-state index contributed by atoms with van der Waals surface area (Å²) in [7, 11) is -3.65.